The first-order valence-corrected chi connectivity index (χ1v) is 11.9. The van der Waals surface area contributed by atoms with E-state index in [-0.39, 0.29) is 5.91 Å². The van der Waals surface area contributed by atoms with Crippen LogP contribution in [-0.2, 0) is 17.9 Å². The van der Waals surface area contributed by atoms with Crippen LogP contribution < -0.4 is 5.32 Å². The molecule has 6 nitrogen and oxygen atoms in total. The largest absolute Gasteiger partial charge is 0.351 e. The van der Waals surface area contributed by atoms with Crippen molar-refractivity contribution < 1.29 is 4.79 Å². The molecule has 0 bridgehead atoms. The molecule has 0 saturated heterocycles. The number of fused-ring (bicyclic) bond motifs is 1. The van der Waals surface area contributed by atoms with Gasteiger partial charge in [0.05, 0.1) is 18.0 Å². The summed E-state index contributed by atoms with van der Waals surface area (Å²) in [6, 6.07) is 10.3. The summed E-state index contributed by atoms with van der Waals surface area (Å²) in [5.41, 5.74) is 5.50. The van der Waals surface area contributed by atoms with Crippen LogP contribution in [0.25, 0.3) is 10.2 Å². The average molecular weight is 452 g/mol. The van der Waals surface area contributed by atoms with Gasteiger partial charge >= 0.3 is 0 Å². The van der Waals surface area contributed by atoms with Gasteiger partial charge in [0, 0.05) is 28.1 Å². The molecule has 31 heavy (non-hydrogen) atoms. The van der Waals surface area contributed by atoms with E-state index in [0.717, 1.165) is 38.7 Å². The van der Waals surface area contributed by atoms with Gasteiger partial charge in [-0.3, -0.25) is 9.48 Å². The van der Waals surface area contributed by atoms with E-state index in [1.807, 2.05) is 29.8 Å². The van der Waals surface area contributed by atoms with E-state index in [0.29, 0.717) is 12.3 Å². The van der Waals surface area contributed by atoms with Crippen molar-refractivity contribution in [3.63, 3.8) is 0 Å². The van der Waals surface area contributed by atoms with E-state index in [9.17, 15) is 4.79 Å². The fourth-order valence-electron chi connectivity index (χ4n) is 3.53. The Kier molecular flexibility index (Phi) is 6.38. The predicted molar refractivity (Wildman–Crippen MR) is 127 cm³/mol. The molecule has 0 unspecified atom stereocenters. The molecular formula is C23H25N5OS2. The number of hydrogen-bond donors (Lipinski definition) is 1. The molecule has 0 aliphatic carbocycles. The fraction of sp³-hybridized carbons (Fsp3) is 0.304. The first-order valence-electron chi connectivity index (χ1n) is 10.1. The summed E-state index contributed by atoms with van der Waals surface area (Å²) < 4.78 is 2.00. The third kappa shape index (κ3) is 4.65. The van der Waals surface area contributed by atoms with Gasteiger partial charge in [-0.15, -0.1) is 11.3 Å². The second kappa shape index (κ2) is 9.20. The number of nitrogens with one attached hydrogen (secondary N) is 1. The summed E-state index contributed by atoms with van der Waals surface area (Å²) in [5.74, 6) is 0.299. The Bertz CT molecular complexity index is 1230. The minimum atomic E-state index is -0.0176. The van der Waals surface area contributed by atoms with Crippen molar-refractivity contribution in [1.29, 1.82) is 0 Å². The highest BCUT2D eigenvalue weighted by molar-refractivity contribution is 8.00. The lowest BCUT2D eigenvalue weighted by Gasteiger charge is -2.08. The number of benzene rings is 1. The van der Waals surface area contributed by atoms with Crippen molar-refractivity contribution >= 4 is 39.2 Å². The first-order chi connectivity index (χ1) is 14.9. The zero-order valence-electron chi connectivity index (χ0n) is 18.1. The van der Waals surface area contributed by atoms with Crippen LogP contribution in [0.1, 0.15) is 33.0 Å². The van der Waals surface area contributed by atoms with Gasteiger partial charge < -0.3 is 5.32 Å². The fourth-order valence-corrected chi connectivity index (χ4v) is 5.48. The van der Waals surface area contributed by atoms with Gasteiger partial charge in [0.15, 0.2) is 0 Å². The molecule has 0 aliphatic rings. The van der Waals surface area contributed by atoms with Crippen molar-refractivity contribution in [3.8, 4) is 0 Å². The number of carbonyl (C=O) groups excluding carboxylic acids is 1. The Morgan fingerprint density at radius 1 is 1.13 bits per heavy atom. The van der Waals surface area contributed by atoms with Crippen LogP contribution in [0, 0.1) is 27.7 Å². The van der Waals surface area contributed by atoms with Gasteiger partial charge in [-0.2, -0.15) is 5.10 Å². The lowest BCUT2D eigenvalue weighted by Crippen LogP contribution is -2.25. The Morgan fingerprint density at radius 3 is 2.68 bits per heavy atom. The minimum Gasteiger partial charge on any atom is -0.351 e. The van der Waals surface area contributed by atoms with Gasteiger partial charge in [-0.05, 0) is 38.8 Å². The smallest absolute Gasteiger partial charge is 0.230 e. The summed E-state index contributed by atoms with van der Waals surface area (Å²) in [4.78, 5) is 23.5. The molecule has 4 rings (SSSR count). The van der Waals surface area contributed by atoms with E-state index in [2.05, 4.69) is 53.3 Å². The predicted octanol–water partition coefficient (Wildman–Crippen LogP) is 4.58. The summed E-state index contributed by atoms with van der Waals surface area (Å²) in [6.07, 6.45) is 1.58. The molecule has 3 heterocycles. The van der Waals surface area contributed by atoms with Gasteiger partial charge in [-0.25, -0.2) is 9.97 Å². The molecule has 0 aliphatic heterocycles. The molecule has 4 aromatic rings. The Hall–Kier alpha value is -2.71. The molecule has 0 fully saturated rings. The number of thiophene rings is 1. The van der Waals surface area contributed by atoms with Crippen molar-refractivity contribution in [3.05, 3.63) is 69.6 Å². The zero-order chi connectivity index (χ0) is 22.0. The normalized spacial score (nSPS) is 11.2. The molecule has 1 amide bonds. The van der Waals surface area contributed by atoms with Crippen molar-refractivity contribution in [1.82, 2.24) is 25.1 Å². The van der Waals surface area contributed by atoms with Crippen LogP contribution in [0.2, 0.25) is 0 Å². The van der Waals surface area contributed by atoms with Crippen LogP contribution in [0.4, 0.5) is 0 Å². The number of carbonyl (C=O) groups is 1. The van der Waals surface area contributed by atoms with Crippen LogP contribution in [0.15, 0.2) is 41.7 Å². The average Bonchev–Trinajstić information content (AvgIpc) is 3.20. The lowest BCUT2D eigenvalue weighted by atomic mass is 10.2. The molecular weight excluding hydrogens is 426 g/mol. The van der Waals surface area contributed by atoms with Crippen LogP contribution in [0.3, 0.4) is 0 Å². The summed E-state index contributed by atoms with van der Waals surface area (Å²) in [7, 11) is 0. The quantitative estimate of drug-likeness (QED) is 0.329. The third-order valence-electron chi connectivity index (χ3n) is 5.44. The molecule has 0 atom stereocenters. The molecule has 0 spiro atoms. The number of hydrogen-bond acceptors (Lipinski definition) is 6. The van der Waals surface area contributed by atoms with Crippen LogP contribution in [0.5, 0.6) is 0 Å². The Morgan fingerprint density at radius 2 is 1.90 bits per heavy atom. The highest BCUT2D eigenvalue weighted by Gasteiger charge is 2.15. The first kappa shape index (κ1) is 21.5. The number of aromatic nitrogens is 4. The van der Waals surface area contributed by atoms with E-state index in [1.54, 1.807) is 17.7 Å². The maximum Gasteiger partial charge on any atom is 0.230 e. The third-order valence-corrected chi connectivity index (χ3v) is 7.54. The Labute approximate surface area is 190 Å². The van der Waals surface area contributed by atoms with Crippen molar-refractivity contribution in [2.45, 2.75) is 45.8 Å². The molecule has 0 saturated carbocycles. The van der Waals surface area contributed by atoms with Gasteiger partial charge in [-0.1, -0.05) is 42.1 Å². The highest BCUT2D eigenvalue weighted by Crippen LogP contribution is 2.34. The molecule has 3 aromatic heterocycles. The van der Waals surface area contributed by atoms with Crippen LogP contribution in [-0.4, -0.2) is 31.4 Å². The molecule has 8 heteroatoms. The molecule has 160 valence electrons. The molecule has 1 N–H and O–H groups in total. The number of rotatable bonds is 7. The number of thioether (sulfide) groups is 1. The highest BCUT2D eigenvalue weighted by atomic mass is 32.2. The van der Waals surface area contributed by atoms with E-state index in [4.69, 9.17) is 0 Å². The monoisotopic (exact) mass is 451 g/mol. The maximum atomic E-state index is 12.5. The molecule has 1 aromatic carbocycles. The van der Waals surface area contributed by atoms with Gasteiger partial charge in [0.1, 0.15) is 16.2 Å². The number of amides is 1. The standard InChI is InChI=1S/C23H25N5OS2/c1-14-17(4)31-23-21(14)22(25-13-26-23)30-12-20(29)24-10-19-15(2)27-28(16(19)3)11-18-8-6-5-7-9-18/h5-9,13H,10-12H2,1-4H3,(H,24,29). The zero-order valence-corrected chi connectivity index (χ0v) is 19.7. The van der Waals surface area contributed by atoms with E-state index in [1.165, 1.54) is 27.8 Å². The van der Waals surface area contributed by atoms with Crippen molar-refractivity contribution in [2.75, 3.05) is 5.75 Å². The van der Waals surface area contributed by atoms with Gasteiger partial charge in [0.2, 0.25) is 5.91 Å². The molecule has 0 radical (unpaired) electrons. The topological polar surface area (TPSA) is 72.7 Å². The number of aryl methyl sites for hydroxylation is 3. The van der Waals surface area contributed by atoms with Crippen molar-refractivity contribution in [2.24, 2.45) is 0 Å². The summed E-state index contributed by atoms with van der Waals surface area (Å²) >= 11 is 3.13. The van der Waals surface area contributed by atoms with E-state index < -0.39 is 0 Å². The Balaban J connectivity index is 1.38. The lowest BCUT2D eigenvalue weighted by molar-refractivity contribution is -0.118. The minimum absolute atomic E-state index is 0.0176. The number of nitrogens with zero attached hydrogens (tertiary/aromatic N) is 4. The summed E-state index contributed by atoms with van der Waals surface area (Å²) in [6.45, 7) is 9.41. The maximum absolute atomic E-state index is 12.5. The second-order valence-electron chi connectivity index (χ2n) is 7.50. The van der Waals surface area contributed by atoms with E-state index >= 15 is 0 Å². The van der Waals surface area contributed by atoms with Crippen LogP contribution >= 0.6 is 23.1 Å². The van der Waals surface area contributed by atoms with Gasteiger partial charge in [0.25, 0.3) is 0 Å². The SMILES string of the molecule is Cc1nn(Cc2ccccc2)c(C)c1CNC(=O)CSc1ncnc2sc(C)c(C)c12. The second-order valence-corrected chi connectivity index (χ2v) is 9.67. The summed E-state index contributed by atoms with van der Waals surface area (Å²) in [5, 5.41) is 9.64.